The second-order valence-corrected chi connectivity index (χ2v) is 11.5. The number of aliphatic imine (C=N–C) groups is 2. The average molecular weight is 613 g/mol. The van der Waals surface area contributed by atoms with E-state index in [9.17, 15) is 9.59 Å². The first-order valence-electron chi connectivity index (χ1n) is 15.6. The first-order valence-corrected chi connectivity index (χ1v) is 15.6. The minimum Gasteiger partial charge on any atom is -0.497 e. The molecular weight excluding hydrogens is 572 g/mol. The lowest BCUT2D eigenvalue weighted by atomic mass is 10.1. The fraction of sp³-hybridized carbons (Fsp3) is 0.429. The Kier molecular flexibility index (Phi) is 9.14. The number of hydrogen-bond donors (Lipinski definition) is 0. The number of unbranched alkanes of at least 4 members (excludes halogenated alkanes) is 2. The number of rotatable bonds is 10. The van der Waals surface area contributed by atoms with Crippen LogP contribution in [0.1, 0.15) is 53.8 Å². The van der Waals surface area contributed by atoms with E-state index in [1.54, 1.807) is 26.4 Å². The van der Waals surface area contributed by atoms with Crippen LogP contribution < -0.4 is 9.47 Å². The van der Waals surface area contributed by atoms with E-state index in [2.05, 4.69) is 9.98 Å². The van der Waals surface area contributed by atoms with Crippen LogP contribution in [0.5, 0.6) is 11.5 Å². The van der Waals surface area contributed by atoms with Gasteiger partial charge in [-0.2, -0.15) is 0 Å². The second kappa shape index (κ2) is 13.4. The highest BCUT2D eigenvalue weighted by Gasteiger charge is 2.43. The molecule has 4 atom stereocenters. The van der Waals surface area contributed by atoms with Crippen molar-refractivity contribution in [2.24, 2.45) is 9.98 Å². The van der Waals surface area contributed by atoms with Crippen molar-refractivity contribution in [3.8, 4) is 11.5 Å². The third-order valence-corrected chi connectivity index (χ3v) is 9.02. The van der Waals surface area contributed by atoms with E-state index in [4.69, 9.17) is 18.9 Å². The third-order valence-electron chi connectivity index (χ3n) is 9.02. The molecule has 0 aromatic heterocycles. The van der Waals surface area contributed by atoms with Gasteiger partial charge in [0.15, 0.2) is 0 Å². The molecule has 6 rings (SSSR count). The highest BCUT2D eigenvalue weighted by molar-refractivity contribution is 6.04. The Labute approximate surface area is 264 Å². The quantitative estimate of drug-likeness (QED) is 0.266. The number of carbonyl (C=O) groups excluding carboxylic acids is 2. The molecule has 45 heavy (non-hydrogen) atoms. The Morgan fingerprint density at radius 3 is 1.56 bits per heavy atom. The summed E-state index contributed by atoms with van der Waals surface area (Å²) in [5.41, 5.74) is 4.54. The number of nitrogens with zero attached hydrogens (tertiary/aromatic N) is 4. The number of ether oxygens (including phenoxy) is 4. The number of carbonyl (C=O) groups is 2. The van der Waals surface area contributed by atoms with Gasteiger partial charge in [-0.1, -0.05) is 12.2 Å². The van der Waals surface area contributed by atoms with Gasteiger partial charge in [-0.05, 0) is 80.7 Å². The molecule has 0 radical (unpaired) electrons. The van der Waals surface area contributed by atoms with Crippen molar-refractivity contribution in [1.82, 2.24) is 9.80 Å². The minimum atomic E-state index is -0.258. The van der Waals surface area contributed by atoms with Gasteiger partial charge in [0.2, 0.25) is 0 Å². The van der Waals surface area contributed by atoms with Crippen LogP contribution in [0.25, 0.3) is 0 Å². The fourth-order valence-corrected chi connectivity index (χ4v) is 6.48. The average Bonchev–Trinajstić information content (AvgIpc) is 3.53. The molecule has 0 saturated carbocycles. The topological polar surface area (TPSA) is 102 Å². The fourth-order valence-electron chi connectivity index (χ4n) is 6.48. The molecule has 10 nitrogen and oxygen atoms in total. The lowest BCUT2D eigenvalue weighted by molar-refractivity contribution is 0.0438. The van der Waals surface area contributed by atoms with Gasteiger partial charge in [-0.25, -0.2) is 0 Å². The van der Waals surface area contributed by atoms with Crippen LogP contribution in [0, 0.1) is 0 Å². The summed E-state index contributed by atoms with van der Waals surface area (Å²) in [6, 6.07) is 10.3. The van der Waals surface area contributed by atoms with Gasteiger partial charge in [0, 0.05) is 38.7 Å². The van der Waals surface area contributed by atoms with E-state index in [1.165, 1.54) is 0 Å². The summed E-state index contributed by atoms with van der Waals surface area (Å²) < 4.78 is 23.4. The molecule has 10 heteroatoms. The molecule has 2 aromatic rings. The van der Waals surface area contributed by atoms with Crippen LogP contribution in [0.2, 0.25) is 0 Å². The van der Waals surface area contributed by atoms with Crippen molar-refractivity contribution in [3.63, 3.8) is 0 Å². The van der Waals surface area contributed by atoms with E-state index in [0.29, 0.717) is 60.3 Å². The predicted octanol–water partition coefficient (Wildman–Crippen LogP) is 5.32. The monoisotopic (exact) mass is 612 g/mol. The minimum absolute atomic E-state index is 0.0657. The maximum atomic E-state index is 13.5. The molecule has 2 unspecified atom stereocenters. The lowest BCUT2D eigenvalue weighted by Crippen LogP contribution is -2.41. The number of benzene rings is 2. The van der Waals surface area contributed by atoms with Crippen LogP contribution >= 0.6 is 0 Å². The smallest absolute Gasteiger partial charge is 0.257 e. The van der Waals surface area contributed by atoms with Gasteiger partial charge < -0.3 is 28.7 Å². The molecule has 0 N–H and O–H groups in total. The summed E-state index contributed by atoms with van der Waals surface area (Å²) in [5, 5.41) is 0. The Hall–Kier alpha value is -4.28. The highest BCUT2D eigenvalue weighted by atomic mass is 16.5. The molecule has 0 spiro atoms. The largest absolute Gasteiger partial charge is 0.497 e. The number of allylic oxidation sites excluding steroid dienone is 2. The number of amides is 2. The summed E-state index contributed by atoms with van der Waals surface area (Å²) in [5.74, 6) is 1.13. The van der Waals surface area contributed by atoms with Crippen molar-refractivity contribution < 1.29 is 28.5 Å². The number of fused-ring (bicyclic) bond motifs is 4. The maximum absolute atomic E-state index is 13.5. The van der Waals surface area contributed by atoms with Crippen molar-refractivity contribution in [1.29, 1.82) is 0 Å². The van der Waals surface area contributed by atoms with Crippen molar-refractivity contribution in [2.75, 3.05) is 40.5 Å². The van der Waals surface area contributed by atoms with Crippen molar-refractivity contribution >= 4 is 35.6 Å². The van der Waals surface area contributed by atoms with E-state index in [-0.39, 0.29) is 36.1 Å². The van der Waals surface area contributed by atoms with Gasteiger partial charge in [0.05, 0.1) is 48.8 Å². The molecule has 0 bridgehead atoms. The molecule has 2 saturated heterocycles. The van der Waals surface area contributed by atoms with Gasteiger partial charge in [-0.15, -0.1) is 0 Å². The number of methoxy groups -OCH3 is 2. The van der Waals surface area contributed by atoms with Crippen molar-refractivity contribution in [3.05, 3.63) is 70.8 Å². The zero-order valence-electron chi connectivity index (χ0n) is 26.3. The molecule has 2 fully saturated rings. The summed E-state index contributed by atoms with van der Waals surface area (Å²) in [7, 11) is 3.18. The third kappa shape index (κ3) is 5.92. The van der Waals surface area contributed by atoms with E-state index in [1.807, 2.05) is 72.5 Å². The second-order valence-electron chi connectivity index (χ2n) is 11.5. The summed E-state index contributed by atoms with van der Waals surface area (Å²) in [6.07, 6.45) is 9.95. The number of hydrogen-bond acceptors (Lipinski definition) is 8. The van der Waals surface area contributed by atoms with Crippen LogP contribution in [0.4, 0.5) is 11.4 Å². The molecule has 4 heterocycles. The summed E-state index contributed by atoms with van der Waals surface area (Å²) in [4.78, 5) is 39.9. The molecule has 0 aliphatic carbocycles. The Balaban J connectivity index is 1.00. The van der Waals surface area contributed by atoms with E-state index < -0.39 is 0 Å². The Bertz CT molecular complexity index is 1460. The van der Waals surface area contributed by atoms with E-state index in [0.717, 1.165) is 30.4 Å². The lowest BCUT2D eigenvalue weighted by Gasteiger charge is -2.24. The van der Waals surface area contributed by atoms with Crippen LogP contribution in [0.15, 0.2) is 69.7 Å². The molecule has 2 amide bonds. The first-order chi connectivity index (χ1) is 22.0. The van der Waals surface area contributed by atoms with Crippen molar-refractivity contribution in [2.45, 2.75) is 57.4 Å². The van der Waals surface area contributed by atoms with Gasteiger partial charge in [-0.3, -0.25) is 19.6 Å². The SMILES string of the molecule is CC=C1CN2C(=O)c3cc(OC)ccc3N=C[C@H]2C1OCCCCCOC1C(=CC)CN2C(=O)c3cc(OC)ccc3N=C[C@@H]12. The first kappa shape index (κ1) is 30.7. The maximum Gasteiger partial charge on any atom is 0.257 e. The summed E-state index contributed by atoms with van der Waals surface area (Å²) >= 11 is 0. The Morgan fingerprint density at radius 1 is 0.711 bits per heavy atom. The Morgan fingerprint density at radius 2 is 1.16 bits per heavy atom. The van der Waals surface area contributed by atoms with Gasteiger partial charge >= 0.3 is 0 Å². The molecule has 4 aliphatic rings. The van der Waals surface area contributed by atoms with E-state index >= 15 is 0 Å². The normalized spacial score (nSPS) is 25.2. The zero-order chi connectivity index (χ0) is 31.5. The van der Waals surface area contributed by atoms with Crippen LogP contribution in [0.3, 0.4) is 0 Å². The molecule has 4 aliphatic heterocycles. The molecule has 236 valence electrons. The zero-order valence-corrected chi connectivity index (χ0v) is 26.3. The molecule has 2 aromatic carbocycles. The van der Waals surface area contributed by atoms with Crippen LogP contribution in [-0.2, 0) is 9.47 Å². The predicted molar refractivity (Wildman–Crippen MR) is 173 cm³/mol. The van der Waals surface area contributed by atoms with Gasteiger partial charge in [0.1, 0.15) is 23.7 Å². The van der Waals surface area contributed by atoms with Crippen LogP contribution in [-0.4, -0.2) is 98.9 Å². The standard InChI is InChI=1S/C35H40N4O6/c1-5-22-20-38-30(18-36-28-12-10-24(42-3)16-26(28)34(38)40)32(22)44-14-8-7-9-15-45-33-23(6-2)21-39-31(33)19-37-29-13-11-25(43-4)17-27(29)35(39)41/h5-6,10-13,16-19,30-33H,7-9,14-15,20-21H2,1-4H3/t30-,31-,32?,33?/m0/s1. The highest BCUT2D eigenvalue weighted by Crippen LogP contribution is 2.36. The summed E-state index contributed by atoms with van der Waals surface area (Å²) in [6.45, 7) is 6.13. The molecular formula is C35H40N4O6. The van der Waals surface area contributed by atoms with Gasteiger partial charge in [0.25, 0.3) is 11.8 Å².